The average molecular weight is 223 g/mol. The van der Waals surface area contributed by atoms with E-state index >= 15 is 0 Å². The van der Waals surface area contributed by atoms with Crippen LogP contribution in [0.1, 0.15) is 0 Å². The first kappa shape index (κ1) is 22.5. The van der Waals surface area contributed by atoms with Gasteiger partial charge in [0.25, 0.3) is 0 Å². The van der Waals surface area contributed by atoms with E-state index in [1.807, 2.05) is 0 Å². The van der Waals surface area contributed by atoms with Gasteiger partial charge in [-0.05, 0) is 0 Å². The molecule has 0 saturated heterocycles. The molecular weight excluding hydrogens is 216 g/mol. The summed E-state index contributed by atoms with van der Waals surface area (Å²) in [6.45, 7) is 0. The van der Waals surface area contributed by atoms with Crippen molar-refractivity contribution in [2.24, 2.45) is 16.0 Å². The van der Waals surface area contributed by atoms with Crippen LogP contribution in [0.15, 0.2) is 16.0 Å². The summed E-state index contributed by atoms with van der Waals surface area (Å²) in [6, 6.07) is -2.03. The topological polar surface area (TPSA) is 149 Å². The smallest absolute Gasteiger partial charge is 0.210 e. The van der Waals surface area contributed by atoms with Crippen molar-refractivity contribution in [3.8, 4) is 0 Å². The molecule has 0 heterocycles. The van der Waals surface area contributed by atoms with Crippen LogP contribution < -0.4 is 0 Å². The summed E-state index contributed by atoms with van der Waals surface area (Å²) in [4.78, 5) is 24.3. The first-order valence-electron chi connectivity index (χ1n) is 2.16. The van der Waals surface area contributed by atoms with Crippen molar-refractivity contribution < 1.29 is 24.4 Å². The molecule has 0 fully saturated rings. The average Bonchev–Trinajstić information content (AvgIpc) is 1.88. The summed E-state index contributed by atoms with van der Waals surface area (Å²) in [6.07, 6.45) is 0. The lowest BCUT2D eigenvalue weighted by Gasteiger charge is -1.70. The van der Waals surface area contributed by atoms with E-state index in [1.54, 1.807) is 0 Å². The number of rotatable bonds is 0. The maximum Gasteiger partial charge on any atom is 0.210 e. The van der Waals surface area contributed by atoms with Crippen LogP contribution in [-0.4, -0.2) is 31.9 Å². The summed E-state index contributed by atoms with van der Waals surface area (Å²) >= 11 is 0. The molecule has 0 radical (unpaired) electrons. The van der Waals surface area contributed by atoms with Crippen molar-refractivity contribution in [2.75, 3.05) is 0 Å². The highest BCUT2D eigenvalue weighted by Crippen LogP contribution is 1.76. The second-order valence-corrected chi connectivity index (χ2v) is 1.64. The minimum atomic E-state index is -2.03. The maximum absolute atomic E-state index is 10.4. The Morgan fingerprint density at radius 3 is 0.923 bits per heavy atom. The molecule has 0 saturated carbocycles. The molecule has 0 amide bonds. The summed E-state index contributed by atoms with van der Waals surface area (Å²) < 4.78 is 20.8. The first-order valence-corrected chi connectivity index (χ1v) is 3.32. The van der Waals surface area contributed by atoms with Gasteiger partial charge >= 0.3 is 0 Å². The predicted molar refractivity (Wildman–Crippen MR) is 38.7 cm³/mol. The molecule has 0 aliphatic heterocycles. The Labute approximate surface area is 72.6 Å². The zero-order valence-corrected chi connectivity index (χ0v) is 8.24. The van der Waals surface area contributed by atoms with E-state index in [1.165, 1.54) is 16.0 Å². The summed E-state index contributed by atoms with van der Waals surface area (Å²) in [5.41, 5.74) is 0. The van der Waals surface area contributed by atoms with E-state index in [2.05, 4.69) is 0 Å². The van der Waals surface area contributed by atoms with Crippen LogP contribution in [-0.2, 0) is 0 Å². The van der Waals surface area contributed by atoms with E-state index in [0.717, 1.165) is 0 Å². The fourth-order valence-electron chi connectivity index (χ4n) is 0. The van der Waals surface area contributed by atoms with Gasteiger partial charge in [-0.3, -0.25) is 0 Å². The fourth-order valence-corrected chi connectivity index (χ4v) is 0. The van der Waals surface area contributed by atoms with E-state index < -0.39 is 6.05 Å². The molecule has 0 bridgehead atoms. The van der Waals surface area contributed by atoms with E-state index in [4.69, 9.17) is 30.3 Å². The van der Waals surface area contributed by atoms with Crippen LogP contribution in [0.3, 0.4) is 0 Å². The summed E-state index contributed by atoms with van der Waals surface area (Å²) in [5, 5.41) is 23.7. The Balaban J connectivity index is -0.0000000420. The van der Waals surface area contributed by atoms with E-state index in [-0.39, 0.29) is 10.2 Å². The van der Waals surface area contributed by atoms with Gasteiger partial charge in [0, 0.05) is 0 Å². The van der Waals surface area contributed by atoms with Crippen LogP contribution in [0.25, 0.3) is 0 Å². The Kier molecular flexibility index (Phi) is 83.7. The summed E-state index contributed by atoms with van der Waals surface area (Å²) in [5.74, 6) is 0. The molecule has 12 heteroatoms. The number of alkyl halides is 2. The van der Waals surface area contributed by atoms with Crippen LogP contribution in [0.4, 0.5) is 8.78 Å². The largest absolute Gasteiger partial charge is 0.379 e. The third-order valence-electron chi connectivity index (χ3n) is 0. The maximum atomic E-state index is 10.4. The molecule has 13 heavy (non-hydrogen) atoms. The molecule has 0 aromatic heterocycles. The number of nitrogens with zero attached hydrogens (tertiary/aromatic N) is 3. The van der Waals surface area contributed by atoms with E-state index in [9.17, 15) is 8.78 Å². The van der Waals surface area contributed by atoms with E-state index in [0.29, 0.717) is 0 Å². The number of hydrogen-bond acceptors (Lipinski definition) is 6. The second kappa shape index (κ2) is 48.4. The monoisotopic (exact) mass is 223 g/mol. The molecule has 0 spiro atoms. The van der Waals surface area contributed by atoms with Gasteiger partial charge in [-0.15, -0.1) is 14.7 Å². The first-order chi connectivity index (χ1) is 5.97. The lowest BCUT2D eigenvalue weighted by Crippen LogP contribution is -1.80. The zero-order valence-electron chi connectivity index (χ0n) is 6.24. The Morgan fingerprint density at radius 1 is 0.923 bits per heavy atom. The molecule has 80 valence electrons. The Hall–Kier alpha value is -1.72. The van der Waals surface area contributed by atoms with Gasteiger partial charge in [-0.25, -0.2) is 8.78 Å². The van der Waals surface area contributed by atoms with Crippen molar-refractivity contribution in [1.82, 2.24) is 0 Å². The molecular formula is CH7F2N3O6Si. The van der Waals surface area contributed by atoms with Gasteiger partial charge < -0.3 is 15.6 Å². The number of hydrogen-bond donors (Lipinski definition) is 3. The highest BCUT2D eigenvalue weighted by atomic mass is 28.1. The standard InChI is InChI=1S/CH4F2Si.3HNO2/c2-1(3)4;3*2-1-3/h1H,4H3;3*(H,2,3). The van der Waals surface area contributed by atoms with Crippen molar-refractivity contribution >= 4 is 10.2 Å². The third kappa shape index (κ3) is 237. The SMILES string of the molecule is FC(F)[SiH3].O=NO.O=NO.O=NO. The minimum Gasteiger partial charge on any atom is -0.379 e. The predicted octanol–water partition coefficient (Wildman–Crippen LogP) is 0.000400. The lowest BCUT2D eigenvalue weighted by molar-refractivity contribution is 0.242. The molecule has 3 N–H and O–H groups in total. The molecule has 9 nitrogen and oxygen atoms in total. The molecule has 0 aliphatic rings. The van der Waals surface area contributed by atoms with Crippen LogP contribution in [0.5, 0.6) is 0 Å². The third-order valence-corrected chi connectivity index (χ3v) is 0. The summed E-state index contributed by atoms with van der Waals surface area (Å²) in [7, 11) is 0.0154. The minimum absolute atomic E-state index is 0.0154. The van der Waals surface area contributed by atoms with Gasteiger partial charge in [0.15, 0.2) is 16.0 Å². The van der Waals surface area contributed by atoms with Gasteiger partial charge in [0.1, 0.15) is 0 Å². The molecule has 0 aromatic carbocycles. The second-order valence-electron chi connectivity index (χ2n) is 0.764. The van der Waals surface area contributed by atoms with Crippen molar-refractivity contribution in [2.45, 2.75) is 6.05 Å². The molecule has 0 atom stereocenters. The van der Waals surface area contributed by atoms with Crippen molar-refractivity contribution in [3.05, 3.63) is 14.7 Å². The van der Waals surface area contributed by atoms with Crippen molar-refractivity contribution in [3.63, 3.8) is 0 Å². The lowest BCUT2D eigenvalue weighted by atomic mass is 11.7. The molecule has 0 aliphatic carbocycles. The number of halogens is 2. The van der Waals surface area contributed by atoms with Crippen LogP contribution in [0, 0.1) is 14.7 Å². The molecule has 0 aromatic rings. The van der Waals surface area contributed by atoms with Gasteiger partial charge in [-0.2, -0.15) is 0 Å². The zero-order chi connectivity index (χ0) is 11.7. The van der Waals surface area contributed by atoms with Crippen LogP contribution >= 0.6 is 0 Å². The molecule has 0 rings (SSSR count). The van der Waals surface area contributed by atoms with Crippen molar-refractivity contribution in [1.29, 1.82) is 0 Å². The molecule has 0 unspecified atom stereocenters. The highest BCUT2D eigenvalue weighted by Gasteiger charge is 1.79. The fraction of sp³-hybridized carbons (Fsp3) is 1.00. The van der Waals surface area contributed by atoms with Crippen LogP contribution in [0.2, 0.25) is 0 Å². The highest BCUT2D eigenvalue weighted by molar-refractivity contribution is 6.09. The van der Waals surface area contributed by atoms with Gasteiger partial charge in [0.2, 0.25) is 6.05 Å². The van der Waals surface area contributed by atoms with Gasteiger partial charge in [-0.1, -0.05) is 0 Å². The quantitative estimate of drug-likeness (QED) is 0.299. The Bertz CT molecular complexity index is 86.9. The van der Waals surface area contributed by atoms with Gasteiger partial charge in [0.05, 0.1) is 10.2 Å². The normalized spacial score (nSPS) is 5.77. The Morgan fingerprint density at radius 2 is 0.923 bits per heavy atom.